The summed E-state index contributed by atoms with van der Waals surface area (Å²) in [5.74, 6) is 0.861. The molecule has 1 heterocycles. The molecule has 0 unspecified atom stereocenters. The van der Waals surface area contributed by atoms with Crippen molar-refractivity contribution < 1.29 is 18.0 Å². The highest BCUT2D eigenvalue weighted by atomic mass is 19.4. The van der Waals surface area contributed by atoms with Gasteiger partial charge >= 0.3 is 6.18 Å². The molecular weight excluding hydrogens is 359 g/mol. The molecule has 146 valence electrons. The number of halogens is 3. The van der Waals surface area contributed by atoms with Crippen molar-refractivity contribution in [2.45, 2.75) is 19.5 Å². The molecule has 0 spiro atoms. The number of aryl methyl sites for hydroxylation is 1. The van der Waals surface area contributed by atoms with Crippen LogP contribution in [0.1, 0.15) is 16.8 Å². The van der Waals surface area contributed by atoms with Gasteiger partial charge in [0.25, 0.3) is 0 Å². The summed E-state index contributed by atoms with van der Waals surface area (Å²) in [6.45, 7) is 2.55. The number of nitrogens with one attached hydrogen (secondary N) is 2. The van der Waals surface area contributed by atoms with Crippen LogP contribution < -0.4 is 15.5 Å². The Morgan fingerprint density at radius 2 is 1.89 bits per heavy atom. The van der Waals surface area contributed by atoms with Crippen LogP contribution in [-0.4, -0.2) is 43.1 Å². The summed E-state index contributed by atoms with van der Waals surface area (Å²) < 4.78 is 38.1. The highest BCUT2D eigenvalue weighted by Gasteiger charge is 2.30. The van der Waals surface area contributed by atoms with Crippen molar-refractivity contribution in [2.24, 2.45) is 0 Å². The van der Waals surface area contributed by atoms with Crippen molar-refractivity contribution in [1.82, 2.24) is 15.3 Å². The summed E-state index contributed by atoms with van der Waals surface area (Å²) in [5.41, 5.74) is 0.362. The fraction of sp³-hybridized carbons (Fsp3) is 0.389. The second kappa shape index (κ2) is 8.70. The molecule has 27 heavy (non-hydrogen) atoms. The fourth-order valence-electron chi connectivity index (χ4n) is 2.34. The Hall–Kier alpha value is -2.84. The van der Waals surface area contributed by atoms with E-state index in [1.165, 1.54) is 12.1 Å². The van der Waals surface area contributed by atoms with E-state index in [4.69, 9.17) is 0 Å². The summed E-state index contributed by atoms with van der Waals surface area (Å²) in [4.78, 5) is 22.4. The van der Waals surface area contributed by atoms with Crippen molar-refractivity contribution in [1.29, 1.82) is 0 Å². The molecule has 0 bridgehead atoms. The maximum absolute atomic E-state index is 12.7. The zero-order valence-electron chi connectivity index (χ0n) is 15.4. The van der Waals surface area contributed by atoms with E-state index in [1.807, 2.05) is 32.0 Å². The van der Waals surface area contributed by atoms with Crippen molar-refractivity contribution in [2.75, 3.05) is 37.4 Å². The molecule has 6 nitrogen and oxygen atoms in total. The van der Waals surface area contributed by atoms with Crippen LogP contribution in [0.4, 0.5) is 24.9 Å². The highest BCUT2D eigenvalue weighted by Crippen LogP contribution is 2.29. The SMILES string of the molecule is Cc1cc(N(C)C)nc(NCCNC(=O)Cc2cccc(C(F)(F)F)c2)n1. The summed E-state index contributed by atoms with van der Waals surface area (Å²) >= 11 is 0. The number of nitrogens with zero attached hydrogens (tertiary/aromatic N) is 3. The number of amides is 1. The number of aromatic nitrogens is 2. The average molecular weight is 381 g/mol. The van der Waals surface area contributed by atoms with Gasteiger partial charge in [0.05, 0.1) is 12.0 Å². The minimum atomic E-state index is -4.42. The van der Waals surface area contributed by atoms with E-state index in [0.29, 0.717) is 24.6 Å². The third-order valence-electron chi connectivity index (χ3n) is 3.65. The molecule has 1 aromatic carbocycles. The molecule has 2 aromatic rings. The maximum Gasteiger partial charge on any atom is 0.416 e. The number of alkyl halides is 3. The molecule has 1 aromatic heterocycles. The standard InChI is InChI=1S/C18H22F3N5O/c1-12-9-15(26(2)3)25-17(24-12)23-8-7-22-16(27)11-13-5-4-6-14(10-13)18(19,20)21/h4-6,9-10H,7-8,11H2,1-3H3,(H,22,27)(H,23,24,25). The number of carbonyl (C=O) groups excluding carboxylic acids is 1. The summed E-state index contributed by atoms with van der Waals surface area (Å²) in [6, 6.07) is 6.61. The predicted molar refractivity (Wildman–Crippen MR) is 97.7 cm³/mol. The van der Waals surface area contributed by atoms with E-state index in [9.17, 15) is 18.0 Å². The second-order valence-corrected chi connectivity index (χ2v) is 6.24. The Morgan fingerprint density at radius 1 is 1.15 bits per heavy atom. The first-order chi connectivity index (χ1) is 12.6. The zero-order valence-corrected chi connectivity index (χ0v) is 15.4. The van der Waals surface area contributed by atoms with E-state index < -0.39 is 11.7 Å². The van der Waals surface area contributed by atoms with Gasteiger partial charge < -0.3 is 15.5 Å². The first-order valence-electron chi connectivity index (χ1n) is 8.35. The van der Waals surface area contributed by atoms with E-state index in [0.717, 1.165) is 23.6 Å². The van der Waals surface area contributed by atoms with Crippen molar-refractivity contribution in [3.8, 4) is 0 Å². The molecule has 0 radical (unpaired) electrons. The number of hydrogen-bond acceptors (Lipinski definition) is 5. The maximum atomic E-state index is 12.7. The molecule has 9 heteroatoms. The van der Waals surface area contributed by atoms with Gasteiger partial charge in [-0.2, -0.15) is 18.2 Å². The van der Waals surface area contributed by atoms with Gasteiger partial charge in [-0.15, -0.1) is 0 Å². The minimum absolute atomic E-state index is 0.115. The van der Waals surface area contributed by atoms with Gasteiger partial charge in [0, 0.05) is 38.9 Å². The summed E-state index contributed by atoms with van der Waals surface area (Å²) in [6.07, 6.45) is -4.54. The number of benzene rings is 1. The normalized spacial score (nSPS) is 11.2. The lowest BCUT2D eigenvalue weighted by Crippen LogP contribution is -2.30. The van der Waals surface area contributed by atoms with Crippen LogP contribution in [-0.2, 0) is 17.4 Å². The average Bonchev–Trinajstić information content (AvgIpc) is 2.58. The van der Waals surface area contributed by atoms with Crippen molar-refractivity contribution >= 4 is 17.7 Å². The van der Waals surface area contributed by atoms with Gasteiger partial charge in [0.2, 0.25) is 11.9 Å². The number of hydrogen-bond donors (Lipinski definition) is 2. The third-order valence-corrected chi connectivity index (χ3v) is 3.65. The lowest BCUT2D eigenvalue weighted by molar-refractivity contribution is -0.137. The molecule has 0 atom stereocenters. The van der Waals surface area contributed by atoms with Crippen LogP contribution in [0.15, 0.2) is 30.3 Å². The van der Waals surface area contributed by atoms with E-state index in [-0.39, 0.29) is 12.3 Å². The molecule has 0 saturated heterocycles. The predicted octanol–water partition coefficient (Wildman–Crippen LogP) is 2.64. The number of rotatable bonds is 7. The molecule has 0 aliphatic heterocycles. The molecule has 0 aliphatic carbocycles. The van der Waals surface area contributed by atoms with E-state index in [2.05, 4.69) is 20.6 Å². The Bertz CT molecular complexity index is 793. The minimum Gasteiger partial charge on any atom is -0.363 e. The van der Waals surface area contributed by atoms with Crippen LogP contribution in [0.2, 0.25) is 0 Å². The highest BCUT2D eigenvalue weighted by molar-refractivity contribution is 5.78. The van der Waals surface area contributed by atoms with Gasteiger partial charge in [-0.1, -0.05) is 18.2 Å². The van der Waals surface area contributed by atoms with Crippen LogP contribution in [0.3, 0.4) is 0 Å². The second-order valence-electron chi connectivity index (χ2n) is 6.24. The van der Waals surface area contributed by atoms with Crippen molar-refractivity contribution in [3.63, 3.8) is 0 Å². The van der Waals surface area contributed by atoms with Crippen LogP contribution in [0.25, 0.3) is 0 Å². The number of carbonyl (C=O) groups is 1. The zero-order chi connectivity index (χ0) is 20.0. The Kier molecular flexibility index (Phi) is 6.59. The van der Waals surface area contributed by atoms with Crippen LogP contribution in [0.5, 0.6) is 0 Å². The molecule has 0 fully saturated rings. The molecule has 0 saturated carbocycles. The first-order valence-corrected chi connectivity index (χ1v) is 8.35. The quantitative estimate of drug-likeness (QED) is 0.722. The van der Waals surface area contributed by atoms with Gasteiger partial charge in [0.15, 0.2) is 0 Å². The molecular formula is C18H22F3N5O. The molecule has 0 aliphatic rings. The third kappa shape index (κ3) is 6.43. The Morgan fingerprint density at radius 3 is 2.56 bits per heavy atom. The summed E-state index contributed by atoms with van der Waals surface area (Å²) in [7, 11) is 3.75. The fourth-order valence-corrected chi connectivity index (χ4v) is 2.34. The van der Waals surface area contributed by atoms with Crippen LogP contribution in [0, 0.1) is 6.92 Å². The van der Waals surface area contributed by atoms with Crippen molar-refractivity contribution in [3.05, 3.63) is 47.2 Å². The Balaban J connectivity index is 1.82. The molecule has 2 N–H and O–H groups in total. The smallest absolute Gasteiger partial charge is 0.363 e. The largest absolute Gasteiger partial charge is 0.416 e. The molecule has 1 amide bonds. The van der Waals surface area contributed by atoms with Gasteiger partial charge in [-0.05, 0) is 18.6 Å². The number of anilines is 2. The Labute approximate surface area is 155 Å². The monoisotopic (exact) mass is 381 g/mol. The lowest BCUT2D eigenvalue weighted by atomic mass is 10.1. The van der Waals surface area contributed by atoms with Gasteiger partial charge in [0.1, 0.15) is 5.82 Å². The van der Waals surface area contributed by atoms with Crippen LogP contribution >= 0.6 is 0 Å². The molecule has 2 rings (SSSR count). The van der Waals surface area contributed by atoms with Gasteiger partial charge in [-0.3, -0.25) is 4.79 Å². The topological polar surface area (TPSA) is 70.2 Å². The van der Waals surface area contributed by atoms with Gasteiger partial charge in [-0.25, -0.2) is 4.98 Å². The first kappa shape index (κ1) is 20.5. The lowest BCUT2D eigenvalue weighted by Gasteiger charge is -2.14. The summed E-state index contributed by atoms with van der Waals surface area (Å²) in [5, 5.41) is 5.68. The van der Waals surface area contributed by atoms with E-state index in [1.54, 1.807) is 0 Å². The van der Waals surface area contributed by atoms with E-state index >= 15 is 0 Å².